The van der Waals surface area contributed by atoms with Gasteiger partial charge in [0, 0.05) is 30.7 Å². The van der Waals surface area contributed by atoms with Gasteiger partial charge in [-0.05, 0) is 40.5 Å². The summed E-state index contributed by atoms with van der Waals surface area (Å²) >= 11 is 3.58. The molecule has 2 rings (SSSR count). The molecule has 1 unspecified atom stereocenters. The number of aryl methyl sites for hydroxylation is 1. The Labute approximate surface area is 105 Å². The Bertz CT molecular complexity index is 370. The molecular weight excluding hydrogens is 268 g/mol. The standard InChI is InChI=1S/C12H17BrN2O/c1-9-2-3-12(11(13)6-9)15-5-4-14-7-10(16)8-15/h2-3,6,10,14,16H,4-5,7-8H2,1H3. The van der Waals surface area contributed by atoms with E-state index in [4.69, 9.17) is 0 Å². The molecule has 16 heavy (non-hydrogen) atoms. The fourth-order valence-corrected chi connectivity index (χ4v) is 2.72. The Hall–Kier alpha value is -0.580. The second-order valence-corrected chi connectivity index (χ2v) is 5.11. The molecule has 1 aliphatic heterocycles. The summed E-state index contributed by atoms with van der Waals surface area (Å²) in [6.45, 7) is 5.29. The van der Waals surface area contributed by atoms with Crippen molar-refractivity contribution in [2.75, 3.05) is 31.1 Å². The van der Waals surface area contributed by atoms with Gasteiger partial charge in [-0.25, -0.2) is 0 Å². The molecule has 1 aliphatic rings. The van der Waals surface area contributed by atoms with Crippen molar-refractivity contribution in [1.29, 1.82) is 0 Å². The van der Waals surface area contributed by atoms with Gasteiger partial charge in [0.2, 0.25) is 0 Å². The fourth-order valence-electron chi connectivity index (χ4n) is 1.98. The zero-order valence-electron chi connectivity index (χ0n) is 9.41. The van der Waals surface area contributed by atoms with Crippen LogP contribution in [0.25, 0.3) is 0 Å². The first-order valence-corrected chi connectivity index (χ1v) is 6.36. The molecule has 0 bridgehead atoms. The van der Waals surface area contributed by atoms with Crippen molar-refractivity contribution in [3.8, 4) is 0 Å². The van der Waals surface area contributed by atoms with Gasteiger partial charge in [0.05, 0.1) is 11.8 Å². The molecule has 0 saturated carbocycles. The van der Waals surface area contributed by atoms with Crippen LogP contribution in [0.4, 0.5) is 5.69 Å². The van der Waals surface area contributed by atoms with Crippen LogP contribution >= 0.6 is 15.9 Å². The molecule has 0 aliphatic carbocycles. The molecule has 0 spiro atoms. The summed E-state index contributed by atoms with van der Waals surface area (Å²) in [6.07, 6.45) is -0.296. The van der Waals surface area contributed by atoms with E-state index in [1.54, 1.807) is 0 Å². The first-order valence-electron chi connectivity index (χ1n) is 5.56. The molecule has 3 nitrogen and oxygen atoms in total. The van der Waals surface area contributed by atoms with Crippen LogP contribution in [0.1, 0.15) is 5.56 Å². The number of anilines is 1. The second kappa shape index (κ2) is 5.17. The third kappa shape index (κ3) is 2.75. The van der Waals surface area contributed by atoms with Gasteiger partial charge in [-0.1, -0.05) is 6.07 Å². The van der Waals surface area contributed by atoms with Crippen LogP contribution in [0, 0.1) is 6.92 Å². The van der Waals surface area contributed by atoms with E-state index >= 15 is 0 Å². The molecule has 2 N–H and O–H groups in total. The zero-order valence-corrected chi connectivity index (χ0v) is 11.0. The van der Waals surface area contributed by atoms with Gasteiger partial charge in [0.1, 0.15) is 0 Å². The number of halogens is 1. The first kappa shape index (κ1) is 11.9. The normalized spacial score (nSPS) is 21.9. The Morgan fingerprint density at radius 1 is 1.50 bits per heavy atom. The van der Waals surface area contributed by atoms with Gasteiger partial charge in [-0.2, -0.15) is 0 Å². The lowest BCUT2D eigenvalue weighted by Crippen LogP contribution is -2.32. The van der Waals surface area contributed by atoms with Crippen LogP contribution in [0.15, 0.2) is 22.7 Å². The topological polar surface area (TPSA) is 35.5 Å². The summed E-state index contributed by atoms with van der Waals surface area (Å²) in [5, 5.41) is 13.0. The maximum absolute atomic E-state index is 9.75. The van der Waals surface area contributed by atoms with Gasteiger partial charge in [0.25, 0.3) is 0 Å². The summed E-state index contributed by atoms with van der Waals surface area (Å²) < 4.78 is 1.10. The number of rotatable bonds is 1. The number of aliphatic hydroxyl groups is 1. The molecule has 0 aromatic heterocycles. The highest BCUT2D eigenvalue weighted by molar-refractivity contribution is 9.10. The van der Waals surface area contributed by atoms with E-state index in [0.717, 1.165) is 23.2 Å². The van der Waals surface area contributed by atoms with Crippen LogP contribution in [0.5, 0.6) is 0 Å². The number of β-amino-alcohol motifs (C(OH)–C–C–N with tert-alkyl or cyclic N) is 1. The third-order valence-corrected chi connectivity index (χ3v) is 3.45. The molecule has 1 heterocycles. The van der Waals surface area contributed by atoms with Crippen LogP contribution < -0.4 is 10.2 Å². The Balaban J connectivity index is 2.21. The highest BCUT2D eigenvalue weighted by Gasteiger charge is 2.17. The molecule has 1 aromatic rings. The molecular formula is C12H17BrN2O. The van der Waals surface area contributed by atoms with Crippen molar-refractivity contribution in [3.63, 3.8) is 0 Å². The van der Waals surface area contributed by atoms with Gasteiger partial charge in [-0.15, -0.1) is 0 Å². The minimum Gasteiger partial charge on any atom is -0.390 e. The summed E-state index contributed by atoms with van der Waals surface area (Å²) in [5.41, 5.74) is 2.40. The average Bonchev–Trinajstić information content (AvgIpc) is 2.43. The van der Waals surface area contributed by atoms with Crippen molar-refractivity contribution in [3.05, 3.63) is 28.2 Å². The first-order chi connectivity index (χ1) is 7.66. The van der Waals surface area contributed by atoms with Crippen molar-refractivity contribution < 1.29 is 5.11 Å². The molecule has 1 fully saturated rings. The monoisotopic (exact) mass is 284 g/mol. The molecule has 1 aromatic carbocycles. The van der Waals surface area contributed by atoms with Gasteiger partial charge >= 0.3 is 0 Å². The lowest BCUT2D eigenvalue weighted by molar-refractivity contribution is 0.185. The van der Waals surface area contributed by atoms with E-state index in [0.29, 0.717) is 13.1 Å². The highest BCUT2D eigenvalue weighted by atomic mass is 79.9. The minimum atomic E-state index is -0.296. The smallest absolute Gasteiger partial charge is 0.0839 e. The highest BCUT2D eigenvalue weighted by Crippen LogP contribution is 2.27. The van der Waals surface area contributed by atoms with E-state index in [1.807, 2.05) is 0 Å². The van der Waals surface area contributed by atoms with E-state index in [1.165, 1.54) is 5.56 Å². The predicted octanol–water partition coefficient (Wildman–Crippen LogP) is 1.53. The summed E-state index contributed by atoms with van der Waals surface area (Å²) in [7, 11) is 0. The summed E-state index contributed by atoms with van der Waals surface area (Å²) in [6, 6.07) is 6.32. The second-order valence-electron chi connectivity index (χ2n) is 4.26. The molecule has 4 heteroatoms. The van der Waals surface area contributed by atoms with Crippen molar-refractivity contribution in [2.24, 2.45) is 0 Å². The van der Waals surface area contributed by atoms with Crippen molar-refractivity contribution >= 4 is 21.6 Å². The fraction of sp³-hybridized carbons (Fsp3) is 0.500. The SMILES string of the molecule is Cc1ccc(N2CCNCC(O)C2)c(Br)c1. The van der Waals surface area contributed by atoms with Crippen LogP contribution in [-0.2, 0) is 0 Å². The number of hydrogen-bond donors (Lipinski definition) is 2. The molecule has 1 saturated heterocycles. The van der Waals surface area contributed by atoms with Gasteiger partial charge in [-0.3, -0.25) is 0 Å². The maximum Gasteiger partial charge on any atom is 0.0839 e. The predicted molar refractivity (Wildman–Crippen MR) is 70.0 cm³/mol. The van der Waals surface area contributed by atoms with Crippen LogP contribution in [-0.4, -0.2) is 37.4 Å². The Kier molecular flexibility index (Phi) is 3.84. The quantitative estimate of drug-likeness (QED) is 0.821. The zero-order chi connectivity index (χ0) is 11.5. The molecule has 0 radical (unpaired) electrons. The van der Waals surface area contributed by atoms with Crippen LogP contribution in [0.2, 0.25) is 0 Å². The third-order valence-electron chi connectivity index (χ3n) is 2.81. The largest absolute Gasteiger partial charge is 0.390 e. The van der Waals surface area contributed by atoms with E-state index in [2.05, 4.69) is 51.3 Å². The average molecular weight is 285 g/mol. The van der Waals surface area contributed by atoms with Crippen LogP contribution in [0.3, 0.4) is 0 Å². The van der Waals surface area contributed by atoms with Crippen molar-refractivity contribution in [1.82, 2.24) is 5.32 Å². The van der Waals surface area contributed by atoms with E-state index in [9.17, 15) is 5.11 Å². The number of benzene rings is 1. The lowest BCUT2D eigenvalue weighted by atomic mass is 10.2. The molecule has 88 valence electrons. The number of nitrogens with one attached hydrogen (secondary N) is 1. The number of hydrogen-bond acceptors (Lipinski definition) is 3. The Morgan fingerprint density at radius 2 is 2.31 bits per heavy atom. The number of nitrogens with zero attached hydrogens (tertiary/aromatic N) is 1. The summed E-state index contributed by atoms with van der Waals surface area (Å²) in [5.74, 6) is 0. The molecule has 0 amide bonds. The maximum atomic E-state index is 9.75. The van der Waals surface area contributed by atoms with Gasteiger partial charge in [0.15, 0.2) is 0 Å². The molecule has 1 atom stereocenters. The van der Waals surface area contributed by atoms with E-state index in [-0.39, 0.29) is 6.10 Å². The van der Waals surface area contributed by atoms with E-state index < -0.39 is 0 Å². The summed E-state index contributed by atoms with van der Waals surface area (Å²) in [4.78, 5) is 2.22. The number of aliphatic hydroxyl groups excluding tert-OH is 1. The van der Waals surface area contributed by atoms with Crippen molar-refractivity contribution in [2.45, 2.75) is 13.0 Å². The lowest BCUT2D eigenvalue weighted by Gasteiger charge is -2.25. The Morgan fingerprint density at radius 3 is 3.06 bits per heavy atom. The minimum absolute atomic E-state index is 0.296. The van der Waals surface area contributed by atoms with Gasteiger partial charge < -0.3 is 15.3 Å².